The van der Waals surface area contributed by atoms with Crippen LogP contribution in [0, 0.1) is 11.7 Å². The first-order valence-electron chi connectivity index (χ1n) is 12.0. The van der Waals surface area contributed by atoms with E-state index in [0.717, 1.165) is 39.2 Å². The molecule has 2 bridgehead atoms. The van der Waals surface area contributed by atoms with Gasteiger partial charge >= 0.3 is 0 Å². The average molecular weight is 481 g/mol. The zero-order valence-electron chi connectivity index (χ0n) is 21.4. The summed E-state index contributed by atoms with van der Waals surface area (Å²) in [7, 11) is 3.75. The van der Waals surface area contributed by atoms with E-state index in [2.05, 4.69) is 29.5 Å². The van der Waals surface area contributed by atoms with E-state index in [1.165, 1.54) is 12.1 Å². The molecule has 1 unspecified atom stereocenters. The van der Waals surface area contributed by atoms with Crippen molar-refractivity contribution in [3.05, 3.63) is 76.0 Å². The van der Waals surface area contributed by atoms with Gasteiger partial charge in [-0.05, 0) is 62.3 Å². The van der Waals surface area contributed by atoms with E-state index in [9.17, 15) is 4.39 Å². The minimum atomic E-state index is -0.478. The van der Waals surface area contributed by atoms with Crippen molar-refractivity contribution in [3.8, 4) is 5.75 Å². The van der Waals surface area contributed by atoms with Crippen molar-refractivity contribution in [1.82, 2.24) is 15.6 Å². The summed E-state index contributed by atoms with van der Waals surface area (Å²) in [5.41, 5.74) is 18.8. The molecule has 0 amide bonds. The van der Waals surface area contributed by atoms with Crippen LogP contribution in [0.3, 0.4) is 0 Å². The lowest BCUT2D eigenvalue weighted by molar-refractivity contribution is 0.225. The highest BCUT2D eigenvalue weighted by Gasteiger charge is 2.27. The second-order valence-corrected chi connectivity index (χ2v) is 8.96. The first-order chi connectivity index (χ1) is 16.7. The summed E-state index contributed by atoms with van der Waals surface area (Å²) in [6.07, 6.45) is 3.72. The molecule has 1 aromatic heterocycles. The van der Waals surface area contributed by atoms with Gasteiger partial charge in [-0.25, -0.2) is 9.37 Å². The number of anilines is 1. The zero-order chi connectivity index (χ0) is 25.7. The average Bonchev–Trinajstić information content (AvgIpc) is 2.82. The topological polar surface area (TPSA) is 111 Å². The number of nitrogens with zero attached hydrogens (tertiary/aromatic N) is 2. The lowest BCUT2D eigenvalue weighted by Crippen LogP contribution is -2.26. The highest BCUT2D eigenvalue weighted by atomic mass is 19.1. The molecule has 2 heterocycles. The second-order valence-electron chi connectivity index (χ2n) is 8.96. The molecule has 1 aliphatic heterocycles. The van der Waals surface area contributed by atoms with E-state index in [1.54, 1.807) is 12.3 Å². The number of likely N-dealkylation sites (N-methyl/N-ethyl adjacent to an activating group) is 1. The molecule has 1 aromatic carbocycles. The minimum Gasteiger partial charge on any atom is -0.482 e. The van der Waals surface area contributed by atoms with Gasteiger partial charge in [0.2, 0.25) is 0 Å². The zero-order valence-corrected chi connectivity index (χ0v) is 21.4. The predicted molar refractivity (Wildman–Crippen MR) is 141 cm³/mol. The standard InChI is InChI=1S/C27H37FN6O/c1-7-33-26-18-11-23(27(30)34-14-18)35-16(4)21-12-19(28)8-9-20(21)25(32-6)17(13-31-5)10-22(26)24(29)15(2)3/h8-9,11-16,25,31-32H,7,10,29H2,1-6H3,(H2,30,34)/b17-13-,24-22?,33-26?/t16-,25?/m1/s1. The quantitative estimate of drug-likeness (QED) is 0.517. The number of hydrogen-bond donors (Lipinski definition) is 4. The molecular weight excluding hydrogens is 443 g/mol. The van der Waals surface area contributed by atoms with Gasteiger partial charge in [0, 0.05) is 48.6 Å². The Bertz CT molecular complexity index is 1150. The Balaban J connectivity index is 2.40. The fourth-order valence-electron chi connectivity index (χ4n) is 4.45. The largest absolute Gasteiger partial charge is 0.482 e. The fourth-order valence-corrected chi connectivity index (χ4v) is 4.45. The first-order valence-corrected chi connectivity index (χ1v) is 12.0. The molecule has 0 saturated heterocycles. The number of aromatic nitrogens is 1. The molecular formula is C27H37FN6O. The van der Waals surface area contributed by atoms with Gasteiger partial charge in [0.05, 0.1) is 11.8 Å². The number of allylic oxidation sites excluding steroid dienone is 2. The summed E-state index contributed by atoms with van der Waals surface area (Å²) in [5, 5.41) is 6.59. The Morgan fingerprint density at radius 3 is 2.66 bits per heavy atom. The second kappa shape index (κ2) is 11.4. The SMILES string of the molecule is CCN=C1C(=C(N)C(C)C)C/C(=C/NC)C(NC)c2ccc(F)cc2[C@@H](C)Oc2cc1cnc2N. The third-order valence-electron chi connectivity index (χ3n) is 6.20. The smallest absolute Gasteiger partial charge is 0.166 e. The molecule has 7 nitrogen and oxygen atoms in total. The van der Waals surface area contributed by atoms with Crippen LogP contribution < -0.4 is 26.8 Å². The maximum Gasteiger partial charge on any atom is 0.166 e. The van der Waals surface area contributed by atoms with Crippen LogP contribution in [0.4, 0.5) is 10.2 Å². The maximum atomic E-state index is 14.4. The van der Waals surface area contributed by atoms with E-state index >= 15 is 0 Å². The number of rotatable bonds is 4. The van der Waals surface area contributed by atoms with Crippen molar-refractivity contribution in [2.75, 3.05) is 26.4 Å². The summed E-state index contributed by atoms with van der Waals surface area (Å²) in [6, 6.07) is 6.41. The van der Waals surface area contributed by atoms with Crippen LogP contribution in [0.2, 0.25) is 0 Å². The highest BCUT2D eigenvalue weighted by molar-refractivity contribution is 6.13. The predicted octanol–water partition coefficient (Wildman–Crippen LogP) is 4.39. The van der Waals surface area contributed by atoms with Crippen LogP contribution >= 0.6 is 0 Å². The van der Waals surface area contributed by atoms with Crippen molar-refractivity contribution >= 4 is 11.5 Å². The van der Waals surface area contributed by atoms with E-state index in [1.807, 2.05) is 40.2 Å². The molecule has 8 heteroatoms. The minimum absolute atomic E-state index is 0.0997. The third kappa shape index (κ3) is 5.65. The van der Waals surface area contributed by atoms with Gasteiger partial charge in [-0.2, -0.15) is 0 Å². The molecule has 35 heavy (non-hydrogen) atoms. The van der Waals surface area contributed by atoms with E-state index in [0.29, 0.717) is 18.7 Å². The number of fused-ring (bicyclic) bond motifs is 3. The van der Waals surface area contributed by atoms with Gasteiger partial charge in [0.15, 0.2) is 11.6 Å². The van der Waals surface area contributed by atoms with Crippen molar-refractivity contribution < 1.29 is 9.13 Å². The first kappa shape index (κ1) is 26.2. The molecule has 0 radical (unpaired) electrons. The lowest BCUT2D eigenvalue weighted by Gasteiger charge is -2.29. The molecule has 0 spiro atoms. The van der Waals surface area contributed by atoms with E-state index < -0.39 is 6.10 Å². The Morgan fingerprint density at radius 1 is 1.29 bits per heavy atom. The Labute approximate surface area is 207 Å². The van der Waals surface area contributed by atoms with Crippen LogP contribution in [0.25, 0.3) is 0 Å². The number of nitrogens with two attached hydrogens (primary N) is 2. The van der Waals surface area contributed by atoms with Crippen molar-refractivity contribution in [2.45, 2.75) is 46.3 Å². The summed E-state index contributed by atoms with van der Waals surface area (Å²) in [4.78, 5) is 9.23. The summed E-state index contributed by atoms with van der Waals surface area (Å²) < 4.78 is 20.7. The van der Waals surface area contributed by atoms with Crippen molar-refractivity contribution in [2.24, 2.45) is 16.6 Å². The van der Waals surface area contributed by atoms with Gasteiger partial charge in [0.1, 0.15) is 11.9 Å². The summed E-state index contributed by atoms with van der Waals surface area (Å²) in [6.45, 7) is 8.57. The normalized spacial score (nSPS) is 22.3. The van der Waals surface area contributed by atoms with Crippen LogP contribution in [-0.4, -0.2) is 31.3 Å². The van der Waals surface area contributed by atoms with Crippen LogP contribution in [0.5, 0.6) is 5.75 Å². The van der Waals surface area contributed by atoms with Crippen LogP contribution in [-0.2, 0) is 0 Å². The molecule has 2 aromatic rings. The Morgan fingerprint density at radius 2 is 2.03 bits per heavy atom. The van der Waals surface area contributed by atoms with Crippen molar-refractivity contribution in [1.29, 1.82) is 0 Å². The molecule has 0 aliphatic carbocycles. The van der Waals surface area contributed by atoms with E-state index in [4.69, 9.17) is 21.2 Å². The monoisotopic (exact) mass is 480 g/mol. The van der Waals surface area contributed by atoms with Crippen molar-refractivity contribution in [3.63, 3.8) is 0 Å². The third-order valence-corrected chi connectivity index (χ3v) is 6.20. The van der Waals surface area contributed by atoms with Gasteiger partial charge in [-0.3, -0.25) is 4.99 Å². The molecule has 0 fully saturated rings. The number of benzene rings is 1. The van der Waals surface area contributed by atoms with Gasteiger partial charge < -0.3 is 26.8 Å². The summed E-state index contributed by atoms with van der Waals surface area (Å²) in [5.74, 6) is 0.448. The fraction of sp³-hybridized carbons (Fsp3) is 0.407. The molecule has 2 atom stereocenters. The molecule has 1 aliphatic rings. The Kier molecular flexibility index (Phi) is 8.51. The van der Waals surface area contributed by atoms with Crippen LogP contribution in [0.1, 0.15) is 63.0 Å². The molecule has 0 saturated carbocycles. The number of nitrogens with one attached hydrogen (secondary N) is 2. The maximum absolute atomic E-state index is 14.4. The van der Waals surface area contributed by atoms with Gasteiger partial charge in [0.25, 0.3) is 0 Å². The molecule has 3 rings (SSSR count). The molecule has 188 valence electrons. The van der Waals surface area contributed by atoms with E-state index in [-0.39, 0.29) is 23.6 Å². The Hall–Kier alpha value is -3.39. The number of ether oxygens (including phenoxy) is 1. The van der Waals surface area contributed by atoms with Crippen LogP contribution in [0.15, 0.2) is 58.5 Å². The van der Waals surface area contributed by atoms with Gasteiger partial charge in [-0.1, -0.05) is 19.9 Å². The number of halogens is 1. The number of pyridine rings is 1. The van der Waals surface area contributed by atoms with Gasteiger partial charge in [-0.15, -0.1) is 0 Å². The number of nitrogen functional groups attached to an aromatic ring is 1. The lowest BCUT2D eigenvalue weighted by atomic mass is 9.85. The number of aliphatic imine (C=N–C) groups is 1. The summed E-state index contributed by atoms with van der Waals surface area (Å²) >= 11 is 0. The highest BCUT2D eigenvalue weighted by Crippen LogP contribution is 2.37. The molecule has 6 N–H and O–H groups in total. The number of hydrogen-bond acceptors (Lipinski definition) is 7.